The minimum Gasteiger partial charge on any atom is -0.479 e. The second-order valence-electron chi connectivity index (χ2n) is 2.74. The van der Waals surface area contributed by atoms with Gasteiger partial charge in [-0.2, -0.15) is 4.37 Å². The summed E-state index contributed by atoms with van der Waals surface area (Å²) in [7, 11) is 1.84. The summed E-state index contributed by atoms with van der Waals surface area (Å²) < 4.78 is 9.10. The molecule has 0 radical (unpaired) electrons. The lowest BCUT2D eigenvalue weighted by atomic mass is 10.3. The molecule has 5 nitrogen and oxygen atoms in total. The van der Waals surface area contributed by atoms with Crippen molar-refractivity contribution in [2.24, 2.45) is 0 Å². The first kappa shape index (κ1) is 8.31. The van der Waals surface area contributed by atoms with Gasteiger partial charge in [0, 0.05) is 18.6 Å². The van der Waals surface area contributed by atoms with Gasteiger partial charge in [-0.3, -0.25) is 0 Å². The van der Waals surface area contributed by atoms with Gasteiger partial charge in [-0.15, -0.1) is 0 Å². The Morgan fingerprint density at radius 2 is 2.54 bits per heavy atom. The van der Waals surface area contributed by atoms with Crippen LogP contribution in [0.4, 0.5) is 5.69 Å². The zero-order chi connectivity index (χ0) is 9.42. The van der Waals surface area contributed by atoms with Gasteiger partial charge in [0.15, 0.2) is 5.69 Å². The molecule has 2 rings (SSSR count). The normalized spacial score (nSPS) is 15.0. The first-order valence-corrected chi connectivity index (χ1v) is 4.54. The summed E-state index contributed by atoms with van der Waals surface area (Å²) in [6, 6.07) is 0. The minimum absolute atomic E-state index is 0.0854. The Morgan fingerprint density at radius 3 is 3.23 bits per heavy atom. The van der Waals surface area contributed by atoms with Crippen LogP contribution < -0.4 is 9.64 Å². The third-order valence-electron chi connectivity index (χ3n) is 1.88. The van der Waals surface area contributed by atoms with Crippen molar-refractivity contribution >= 4 is 23.2 Å². The smallest absolute Gasteiger partial charge is 0.357 e. The molecule has 1 aromatic rings. The number of fused-ring (bicyclic) bond motifs is 1. The summed E-state index contributed by atoms with van der Waals surface area (Å²) in [5.74, 6) is -1.00. The van der Waals surface area contributed by atoms with Crippen molar-refractivity contribution in [3.63, 3.8) is 0 Å². The molecule has 0 aromatic carbocycles. The third-order valence-corrected chi connectivity index (χ3v) is 2.63. The summed E-state index contributed by atoms with van der Waals surface area (Å²) in [4.78, 5) is 12.6. The molecule has 0 bridgehead atoms. The van der Waals surface area contributed by atoms with Crippen LogP contribution in [0.1, 0.15) is 10.5 Å². The maximum absolute atomic E-state index is 10.7. The first-order chi connectivity index (χ1) is 6.20. The lowest BCUT2D eigenvalue weighted by Gasteiger charge is -2.24. The Labute approximate surface area is 78.7 Å². The molecule has 6 heteroatoms. The molecule has 0 fully saturated rings. The molecule has 70 valence electrons. The Bertz CT molecular complexity index is 350. The number of rotatable bonds is 1. The van der Waals surface area contributed by atoms with Gasteiger partial charge >= 0.3 is 5.97 Å². The van der Waals surface area contributed by atoms with Gasteiger partial charge in [0.05, 0.1) is 6.54 Å². The van der Waals surface area contributed by atoms with E-state index < -0.39 is 5.97 Å². The van der Waals surface area contributed by atoms with E-state index in [0.717, 1.165) is 11.5 Å². The van der Waals surface area contributed by atoms with Crippen LogP contribution in [0.25, 0.3) is 0 Å². The van der Waals surface area contributed by atoms with Gasteiger partial charge < -0.3 is 14.7 Å². The molecule has 13 heavy (non-hydrogen) atoms. The number of hydrogen-bond acceptors (Lipinski definition) is 5. The number of ether oxygens (including phenoxy) is 1. The van der Waals surface area contributed by atoms with Crippen LogP contribution in [0, 0.1) is 0 Å². The summed E-state index contributed by atoms with van der Waals surface area (Å²) in [6.07, 6.45) is 0. The molecule has 1 N–H and O–H groups in total. The summed E-state index contributed by atoms with van der Waals surface area (Å²) >= 11 is 1.09. The van der Waals surface area contributed by atoms with Crippen LogP contribution >= 0.6 is 11.5 Å². The molecule has 2 heterocycles. The molecule has 1 aromatic heterocycles. The van der Waals surface area contributed by atoms with Crippen molar-refractivity contribution in [2.75, 3.05) is 25.1 Å². The van der Waals surface area contributed by atoms with Crippen LogP contribution in [-0.2, 0) is 0 Å². The molecule has 0 amide bonds. The lowest BCUT2D eigenvalue weighted by molar-refractivity contribution is 0.0692. The van der Waals surface area contributed by atoms with Crippen LogP contribution in [0.3, 0.4) is 0 Å². The van der Waals surface area contributed by atoms with Crippen molar-refractivity contribution in [3.05, 3.63) is 5.69 Å². The van der Waals surface area contributed by atoms with Gasteiger partial charge in [0.25, 0.3) is 0 Å². The zero-order valence-corrected chi connectivity index (χ0v) is 7.80. The molecule has 0 atom stereocenters. The van der Waals surface area contributed by atoms with E-state index in [9.17, 15) is 4.79 Å². The second kappa shape index (κ2) is 2.88. The Kier molecular flexibility index (Phi) is 1.84. The molecule has 0 spiro atoms. The molecule has 1 aliphatic heterocycles. The summed E-state index contributed by atoms with van der Waals surface area (Å²) in [6.45, 7) is 1.29. The molecule has 0 unspecified atom stereocenters. The van der Waals surface area contributed by atoms with Crippen molar-refractivity contribution in [2.45, 2.75) is 0 Å². The highest BCUT2D eigenvalue weighted by atomic mass is 32.1. The topological polar surface area (TPSA) is 62.7 Å². The number of carboxylic acid groups (broad SMARTS) is 1. The second-order valence-corrected chi connectivity index (χ2v) is 3.48. The molecule has 0 saturated heterocycles. The van der Waals surface area contributed by atoms with Crippen molar-refractivity contribution in [1.29, 1.82) is 0 Å². The number of carbonyl (C=O) groups is 1. The first-order valence-electron chi connectivity index (χ1n) is 3.77. The third kappa shape index (κ3) is 1.23. The number of carboxylic acids is 1. The van der Waals surface area contributed by atoms with Crippen molar-refractivity contribution in [1.82, 2.24) is 4.37 Å². The number of likely N-dealkylation sites (N-methyl/N-ethyl adjacent to an activating group) is 1. The Hall–Kier alpha value is -1.30. The van der Waals surface area contributed by atoms with Crippen LogP contribution in [0.15, 0.2) is 0 Å². The van der Waals surface area contributed by atoms with Crippen molar-refractivity contribution in [3.8, 4) is 5.06 Å². The van der Waals surface area contributed by atoms with E-state index in [1.165, 1.54) is 0 Å². The quantitative estimate of drug-likeness (QED) is 0.721. The zero-order valence-electron chi connectivity index (χ0n) is 6.98. The number of aromatic nitrogens is 1. The fraction of sp³-hybridized carbons (Fsp3) is 0.429. The van der Waals surface area contributed by atoms with E-state index in [2.05, 4.69) is 4.37 Å². The number of aromatic carboxylic acids is 1. The molecule has 0 aliphatic carbocycles. The summed E-state index contributed by atoms with van der Waals surface area (Å²) in [5.41, 5.74) is 0.686. The average Bonchev–Trinajstić information content (AvgIpc) is 2.49. The van der Waals surface area contributed by atoms with E-state index in [0.29, 0.717) is 23.9 Å². The highest BCUT2D eigenvalue weighted by Gasteiger charge is 2.26. The average molecular weight is 200 g/mol. The molecule has 0 saturated carbocycles. The molecular weight excluding hydrogens is 192 g/mol. The molecular formula is C7H8N2O3S. The Balaban J connectivity index is 2.50. The predicted octanol–water partition coefficient (Wildman–Crippen LogP) is 0.670. The van der Waals surface area contributed by atoms with E-state index in [4.69, 9.17) is 9.84 Å². The maximum Gasteiger partial charge on any atom is 0.357 e. The van der Waals surface area contributed by atoms with E-state index in [-0.39, 0.29) is 5.69 Å². The Morgan fingerprint density at radius 1 is 1.77 bits per heavy atom. The van der Waals surface area contributed by atoms with Gasteiger partial charge in [-0.1, -0.05) is 0 Å². The molecule has 1 aliphatic rings. The highest BCUT2D eigenvalue weighted by Crippen LogP contribution is 2.37. The fourth-order valence-corrected chi connectivity index (χ4v) is 2.04. The number of nitrogens with zero attached hydrogens (tertiary/aromatic N) is 2. The van der Waals surface area contributed by atoms with Gasteiger partial charge in [0.2, 0.25) is 5.06 Å². The highest BCUT2D eigenvalue weighted by molar-refractivity contribution is 7.08. The van der Waals surface area contributed by atoms with E-state index in [1.807, 2.05) is 11.9 Å². The number of hydrogen-bond donors (Lipinski definition) is 1. The standard InChI is InChI=1S/C7H8N2O3S/c1-9-2-3-12-7-5(9)4(6(10)11)8-13-7/h2-3H2,1H3,(H,10,11). The fourth-order valence-electron chi connectivity index (χ4n) is 1.23. The lowest BCUT2D eigenvalue weighted by Crippen LogP contribution is -2.29. The van der Waals surface area contributed by atoms with Gasteiger partial charge in [-0.05, 0) is 0 Å². The van der Waals surface area contributed by atoms with Crippen LogP contribution in [0.2, 0.25) is 0 Å². The summed E-state index contributed by atoms with van der Waals surface area (Å²) in [5, 5.41) is 9.41. The van der Waals surface area contributed by atoms with Gasteiger partial charge in [0.1, 0.15) is 12.3 Å². The van der Waals surface area contributed by atoms with Gasteiger partial charge in [-0.25, -0.2) is 4.79 Å². The largest absolute Gasteiger partial charge is 0.479 e. The van der Waals surface area contributed by atoms with E-state index in [1.54, 1.807) is 0 Å². The maximum atomic E-state index is 10.7. The SMILES string of the molecule is CN1CCOc2snc(C(=O)O)c21. The van der Waals surface area contributed by atoms with Crippen LogP contribution in [-0.4, -0.2) is 35.6 Å². The van der Waals surface area contributed by atoms with Crippen LogP contribution in [0.5, 0.6) is 5.06 Å². The van der Waals surface area contributed by atoms with Crippen molar-refractivity contribution < 1.29 is 14.6 Å². The van der Waals surface area contributed by atoms with E-state index >= 15 is 0 Å². The monoisotopic (exact) mass is 200 g/mol. The predicted molar refractivity (Wildman–Crippen MR) is 47.8 cm³/mol. The minimum atomic E-state index is -1.00. The number of anilines is 1.